The lowest BCUT2D eigenvalue weighted by molar-refractivity contribution is 0.0563. The summed E-state index contributed by atoms with van der Waals surface area (Å²) < 4.78 is 23.1. The number of benzene rings is 1. The first-order valence-electron chi connectivity index (χ1n) is 5.52. The van der Waals surface area contributed by atoms with Crippen molar-refractivity contribution in [2.75, 3.05) is 7.11 Å². The van der Waals surface area contributed by atoms with Crippen molar-refractivity contribution in [1.82, 2.24) is 0 Å². The fourth-order valence-electron chi connectivity index (χ4n) is 1.62. The highest BCUT2D eigenvalue weighted by Crippen LogP contribution is 2.17. The number of rotatable bonds is 3. The first-order valence-corrected chi connectivity index (χ1v) is 5.52. The molecule has 0 fully saturated rings. The van der Waals surface area contributed by atoms with Gasteiger partial charge in [-0.2, -0.15) is 0 Å². The molecular formula is C14H11FO4. The molecule has 0 saturated heterocycles. The maximum atomic E-state index is 13.6. The number of aryl methyl sites for hydroxylation is 1. The molecule has 0 aliphatic rings. The first kappa shape index (κ1) is 13.0. The quantitative estimate of drug-likeness (QED) is 0.630. The molecule has 19 heavy (non-hydrogen) atoms. The summed E-state index contributed by atoms with van der Waals surface area (Å²) in [6.07, 6.45) is 0. The van der Waals surface area contributed by atoms with Crippen LogP contribution >= 0.6 is 0 Å². The lowest BCUT2D eigenvalue weighted by Gasteiger charge is -2.01. The molecule has 1 aromatic heterocycles. The summed E-state index contributed by atoms with van der Waals surface area (Å²) in [5.41, 5.74) is 0.662. The first-order chi connectivity index (χ1) is 9.02. The van der Waals surface area contributed by atoms with Gasteiger partial charge in [0.15, 0.2) is 5.76 Å². The highest BCUT2D eigenvalue weighted by molar-refractivity contribution is 6.07. The molecule has 2 aromatic rings. The van der Waals surface area contributed by atoms with Crippen LogP contribution in [-0.2, 0) is 4.74 Å². The molecule has 1 heterocycles. The van der Waals surface area contributed by atoms with E-state index in [0.29, 0.717) is 0 Å². The summed E-state index contributed by atoms with van der Waals surface area (Å²) in [5, 5.41) is 0. The standard InChI is InChI=1S/C14H11FO4/c1-8-3-4-10(15)9(7-8)13(16)11-5-6-12(19-11)14(17)18-2/h3-7H,1-2H3. The van der Waals surface area contributed by atoms with Crippen molar-refractivity contribution in [1.29, 1.82) is 0 Å². The van der Waals surface area contributed by atoms with Crippen LogP contribution in [0.25, 0.3) is 0 Å². The zero-order valence-electron chi connectivity index (χ0n) is 10.4. The molecule has 0 bridgehead atoms. The van der Waals surface area contributed by atoms with Gasteiger partial charge < -0.3 is 9.15 Å². The summed E-state index contributed by atoms with van der Waals surface area (Å²) in [5.74, 6) is -2.14. The Kier molecular flexibility index (Phi) is 3.46. The van der Waals surface area contributed by atoms with Crippen LogP contribution in [0.5, 0.6) is 0 Å². The minimum Gasteiger partial charge on any atom is -0.463 e. The number of methoxy groups -OCH3 is 1. The van der Waals surface area contributed by atoms with E-state index in [2.05, 4.69) is 4.74 Å². The summed E-state index contributed by atoms with van der Waals surface area (Å²) >= 11 is 0. The molecule has 0 N–H and O–H groups in total. The topological polar surface area (TPSA) is 56.5 Å². The molecule has 4 nitrogen and oxygen atoms in total. The normalized spacial score (nSPS) is 10.3. The van der Waals surface area contributed by atoms with Crippen molar-refractivity contribution in [3.8, 4) is 0 Å². The fourth-order valence-corrected chi connectivity index (χ4v) is 1.62. The Morgan fingerprint density at radius 3 is 2.53 bits per heavy atom. The summed E-state index contributed by atoms with van der Waals surface area (Å²) in [7, 11) is 1.20. The molecule has 2 rings (SSSR count). The highest BCUT2D eigenvalue weighted by Gasteiger charge is 2.20. The van der Waals surface area contributed by atoms with E-state index in [1.54, 1.807) is 13.0 Å². The second kappa shape index (κ2) is 5.06. The average Bonchev–Trinajstić information content (AvgIpc) is 2.89. The zero-order chi connectivity index (χ0) is 14.0. The molecular weight excluding hydrogens is 251 g/mol. The van der Waals surface area contributed by atoms with Crippen molar-refractivity contribution < 1.29 is 23.1 Å². The van der Waals surface area contributed by atoms with Crippen molar-refractivity contribution in [3.63, 3.8) is 0 Å². The molecule has 0 aliphatic carbocycles. The van der Waals surface area contributed by atoms with E-state index in [9.17, 15) is 14.0 Å². The lowest BCUT2D eigenvalue weighted by Crippen LogP contribution is -2.04. The van der Waals surface area contributed by atoms with Gasteiger partial charge in [0.1, 0.15) is 5.82 Å². The zero-order valence-corrected chi connectivity index (χ0v) is 10.4. The number of carbonyl (C=O) groups excluding carboxylic acids is 2. The number of ketones is 1. The van der Waals surface area contributed by atoms with Crippen molar-refractivity contribution in [2.24, 2.45) is 0 Å². The maximum absolute atomic E-state index is 13.6. The summed E-state index contributed by atoms with van der Waals surface area (Å²) in [6.45, 7) is 1.75. The molecule has 0 unspecified atom stereocenters. The minimum absolute atomic E-state index is 0.0919. The van der Waals surface area contributed by atoms with Crippen LogP contribution in [0.4, 0.5) is 4.39 Å². The fraction of sp³-hybridized carbons (Fsp3) is 0.143. The number of halogens is 1. The summed E-state index contributed by atoms with van der Waals surface area (Å²) in [4.78, 5) is 23.3. The van der Waals surface area contributed by atoms with E-state index in [1.165, 1.54) is 31.4 Å². The number of esters is 1. The largest absolute Gasteiger partial charge is 0.463 e. The Balaban J connectivity index is 2.36. The average molecular weight is 262 g/mol. The van der Waals surface area contributed by atoms with E-state index in [1.807, 2.05) is 0 Å². The van der Waals surface area contributed by atoms with Gasteiger partial charge in [-0.15, -0.1) is 0 Å². The third kappa shape index (κ3) is 2.54. The van der Waals surface area contributed by atoms with Crippen LogP contribution in [0.3, 0.4) is 0 Å². The van der Waals surface area contributed by atoms with Crippen LogP contribution in [0.1, 0.15) is 32.2 Å². The molecule has 0 radical (unpaired) electrons. The van der Waals surface area contributed by atoms with Crippen LogP contribution < -0.4 is 0 Å². The van der Waals surface area contributed by atoms with Crippen LogP contribution in [0.15, 0.2) is 34.7 Å². The van der Waals surface area contributed by atoms with Gasteiger partial charge in [-0.3, -0.25) is 4.79 Å². The number of ether oxygens (including phenoxy) is 1. The lowest BCUT2D eigenvalue weighted by atomic mass is 10.1. The third-order valence-electron chi connectivity index (χ3n) is 2.58. The third-order valence-corrected chi connectivity index (χ3v) is 2.58. The summed E-state index contributed by atoms with van der Waals surface area (Å²) in [6, 6.07) is 6.84. The van der Waals surface area contributed by atoms with E-state index in [-0.39, 0.29) is 17.1 Å². The van der Waals surface area contributed by atoms with Gasteiger partial charge >= 0.3 is 5.97 Å². The molecule has 0 atom stereocenters. The van der Waals surface area contributed by atoms with E-state index in [4.69, 9.17) is 4.42 Å². The van der Waals surface area contributed by atoms with Gasteiger partial charge in [-0.05, 0) is 31.2 Å². The van der Waals surface area contributed by atoms with Gasteiger partial charge in [0, 0.05) is 0 Å². The molecule has 0 saturated carbocycles. The predicted octanol–water partition coefficient (Wildman–Crippen LogP) is 2.74. The van der Waals surface area contributed by atoms with Gasteiger partial charge in [-0.1, -0.05) is 11.6 Å². The maximum Gasteiger partial charge on any atom is 0.373 e. The molecule has 5 heteroatoms. The second-order valence-electron chi connectivity index (χ2n) is 3.97. The van der Waals surface area contributed by atoms with Crippen molar-refractivity contribution in [3.05, 3.63) is 58.8 Å². The number of furan rings is 1. The van der Waals surface area contributed by atoms with E-state index in [0.717, 1.165) is 5.56 Å². The Morgan fingerprint density at radius 2 is 1.84 bits per heavy atom. The van der Waals surface area contributed by atoms with Crippen molar-refractivity contribution in [2.45, 2.75) is 6.92 Å². The van der Waals surface area contributed by atoms with Crippen LogP contribution in [0.2, 0.25) is 0 Å². The molecule has 1 aromatic carbocycles. The van der Waals surface area contributed by atoms with Crippen LogP contribution in [0, 0.1) is 12.7 Å². The second-order valence-corrected chi connectivity index (χ2v) is 3.97. The van der Waals surface area contributed by atoms with Gasteiger partial charge in [0.25, 0.3) is 0 Å². The Hall–Kier alpha value is -2.43. The van der Waals surface area contributed by atoms with Gasteiger partial charge in [0.05, 0.1) is 12.7 Å². The van der Waals surface area contributed by atoms with Crippen LogP contribution in [-0.4, -0.2) is 18.9 Å². The molecule has 0 amide bonds. The van der Waals surface area contributed by atoms with E-state index >= 15 is 0 Å². The molecule has 0 spiro atoms. The molecule has 0 aliphatic heterocycles. The number of hydrogen-bond acceptors (Lipinski definition) is 4. The number of hydrogen-bond donors (Lipinski definition) is 0. The Bertz CT molecular complexity index is 643. The Labute approximate surface area is 108 Å². The predicted molar refractivity (Wildman–Crippen MR) is 64.6 cm³/mol. The SMILES string of the molecule is COC(=O)c1ccc(C(=O)c2cc(C)ccc2F)o1. The van der Waals surface area contributed by atoms with Gasteiger partial charge in [0.2, 0.25) is 11.5 Å². The molecule has 98 valence electrons. The smallest absolute Gasteiger partial charge is 0.373 e. The van der Waals surface area contributed by atoms with E-state index < -0.39 is 17.6 Å². The highest BCUT2D eigenvalue weighted by atomic mass is 19.1. The van der Waals surface area contributed by atoms with Crippen molar-refractivity contribution >= 4 is 11.8 Å². The number of carbonyl (C=O) groups is 2. The van der Waals surface area contributed by atoms with Gasteiger partial charge in [-0.25, -0.2) is 9.18 Å². The minimum atomic E-state index is -0.691. The Morgan fingerprint density at radius 1 is 1.16 bits per heavy atom. The monoisotopic (exact) mass is 262 g/mol.